The molecule has 3 rings (SSSR count). The predicted octanol–water partition coefficient (Wildman–Crippen LogP) is 4.29. The molecule has 22 heavy (non-hydrogen) atoms. The molecule has 1 aliphatic rings. The molecule has 0 aromatic heterocycles. The van der Waals surface area contributed by atoms with Crippen LogP contribution in [0.2, 0.25) is 5.02 Å². The maximum atomic E-state index is 12.4. The number of halogens is 1. The number of hydrogen-bond donors (Lipinski definition) is 1. The van der Waals surface area contributed by atoms with Gasteiger partial charge in [0, 0.05) is 10.6 Å². The number of carbonyl (C=O) groups is 2. The Bertz CT molecular complexity index is 803. The van der Waals surface area contributed by atoms with E-state index in [9.17, 15) is 14.7 Å². The van der Waals surface area contributed by atoms with Gasteiger partial charge >= 0.3 is 0 Å². The van der Waals surface area contributed by atoms with Gasteiger partial charge in [0.1, 0.15) is 5.75 Å². The summed E-state index contributed by atoms with van der Waals surface area (Å²) in [7, 11) is 0. The molecular weight excluding hydrogens is 322 g/mol. The van der Waals surface area contributed by atoms with Crippen LogP contribution in [0.1, 0.15) is 5.56 Å². The van der Waals surface area contributed by atoms with Crippen LogP contribution < -0.4 is 4.90 Å². The number of anilines is 1. The molecule has 1 fully saturated rings. The second kappa shape index (κ2) is 5.87. The molecule has 1 heterocycles. The van der Waals surface area contributed by atoms with E-state index < -0.39 is 11.1 Å². The zero-order valence-electron chi connectivity index (χ0n) is 11.2. The van der Waals surface area contributed by atoms with Crippen molar-refractivity contribution in [2.75, 3.05) is 4.90 Å². The second-order valence-corrected chi connectivity index (χ2v) is 5.99. The number of para-hydroxylation sites is 1. The van der Waals surface area contributed by atoms with Crippen molar-refractivity contribution in [2.24, 2.45) is 0 Å². The van der Waals surface area contributed by atoms with Crippen LogP contribution in [-0.2, 0) is 4.79 Å². The van der Waals surface area contributed by atoms with E-state index in [2.05, 4.69) is 0 Å². The van der Waals surface area contributed by atoms with E-state index >= 15 is 0 Å². The maximum absolute atomic E-state index is 12.4. The fourth-order valence-corrected chi connectivity index (χ4v) is 3.07. The van der Waals surface area contributed by atoms with Gasteiger partial charge in [0.15, 0.2) is 0 Å². The Morgan fingerprint density at radius 2 is 1.86 bits per heavy atom. The lowest BCUT2D eigenvalue weighted by Gasteiger charge is -2.12. The number of thioether (sulfide) groups is 1. The Morgan fingerprint density at radius 3 is 2.59 bits per heavy atom. The molecule has 1 aliphatic heterocycles. The van der Waals surface area contributed by atoms with Gasteiger partial charge in [-0.1, -0.05) is 35.9 Å². The summed E-state index contributed by atoms with van der Waals surface area (Å²) >= 11 is 6.73. The third kappa shape index (κ3) is 2.73. The van der Waals surface area contributed by atoms with Crippen LogP contribution in [0.5, 0.6) is 5.75 Å². The number of rotatable bonds is 2. The van der Waals surface area contributed by atoms with Gasteiger partial charge < -0.3 is 5.11 Å². The van der Waals surface area contributed by atoms with E-state index in [0.717, 1.165) is 16.7 Å². The van der Waals surface area contributed by atoms with Crippen LogP contribution in [0, 0.1) is 0 Å². The zero-order chi connectivity index (χ0) is 15.7. The average Bonchev–Trinajstić information content (AvgIpc) is 2.76. The number of benzene rings is 2. The summed E-state index contributed by atoms with van der Waals surface area (Å²) in [6.45, 7) is 0. The highest BCUT2D eigenvalue weighted by molar-refractivity contribution is 8.19. The highest BCUT2D eigenvalue weighted by Crippen LogP contribution is 2.37. The Kier molecular flexibility index (Phi) is 3.92. The number of imide groups is 1. The lowest BCUT2D eigenvalue weighted by molar-refractivity contribution is -0.113. The summed E-state index contributed by atoms with van der Waals surface area (Å²) in [6.07, 6.45) is 1.50. The monoisotopic (exact) mass is 331 g/mol. The van der Waals surface area contributed by atoms with Gasteiger partial charge in [0.05, 0.1) is 10.6 Å². The van der Waals surface area contributed by atoms with Crippen LogP contribution in [0.4, 0.5) is 10.5 Å². The number of nitrogens with zero attached hydrogens (tertiary/aromatic N) is 1. The Hall–Kier alpha value is -2.24. The molecule has 0 bridgehead atoms. The quantitative estimate of drug-likeness (QED) is 0.834. The molecule has 0 atom stereocenters. The number of hydrogen-bond acceptors (Lipinski definition) is 4. The van der Waals surface area contributed by atoms with Crippen molar-refractivity contribution in [3.63, 3.8) is 0 Å². The van der Waals surface area contributed by atoms with Gasteiger partial charge in [0.2, 0.25) is 0 Å². The first-order valence-electron chi connectivity index (χ1n) is 6.38. The first-order valence-corrected chi connectivity index (χ1v) is 7.57. The SMILES string of the molecule is O=C1S/C(=C\c2ccccc2O)C(=O)N1c1cccc(Cl)c1. The van der Waals surface area contributed by atoms with E-state index in [4.69, 9.17) is 11.6 Å². The molecule has 1 saturated heterocycles. The van der Waals surface area contributed by atoms with Crippen molar-refractivity contribution in [1.29, 1.82) is 0 Å². The number of amides is 2. The molecule has 110 valence electrons. The summed E-state index contributed by atoms with van der Waals surface area (Å²) in [4.78, 5) is 25.9. The zero-order valence-corrected chi connectivity index (χ0v) is 12.8. The number of phenolic OH excluding ortho intramolecular Hbond substituents is 1. The van der Waals surface area contributed by atoms with E-state index in [1.807, 2.05) is 0 Å². The van der Waals surface area contributed by atoms with Gasteiger partial charge in [-0.25, -0.2) is 4.90 Å². The first-order chi connectivity index (χ1) is 10.6. The summed E-state index contributed by atoms with van der Waals surface area (Å²) in [5.41, 5.74) is 0.912. The van der Waals surface area contributed by atoms with Gasteiger partial charge in [-0.2, -0.15) is 0 Å². The molecule has 4 nitrogen and oxygen atoms in total. The fourth-order valence-electron chi connectivity index (χ4n) is 2.06. The molecule has 0 aliphatic carbocycles. The molecule has 2 amide bonds. The third-order valence-corrected chi connectivity index (χ3v) is 4.19. The molecule has 0 unspecified atom stereocenters. The molecule has 2 aromatic rings. The van der Waals surface area contributed by atoms with Gasteiger partial charge in [0.25, 0.3) is 11.1 Å². The van der Waals surface area contributed by atoms with Crippen LogP contribution in [0.25, 0.3) is 6.08 Å². The van der Waals surface area contributed by atoms with Crippen molar-refractivity contribution >= 4 is 46.3 Å². The van der Waals surface area contributed by atoms with Crippen LogP contribution in [0.15, 0.2) is 53.4 Å². The second-order valence-electron chi connectivity index (χ2n) is 4.56. The van der Waals surface area contributed by atoms with Crippen LogP contribution in [-0.4, -0.2) is 16.3 Å². The third-order valence-electron chi connectivity index (χ3n) is 3.08. The normalized spacial score (nSPS) is 16.6. The minimum Gasteiger partial charge on any atom is -0.507 e. The summed E-state index contributed by atoms with van der Waals surface area (Å²) in [5, 5.41) is 9.81. The summed E-state index contributed by atoms with van der Waals surface area (Å²) < 4.78 is 0. The Balaban J connectivity index is 1.97. The van der Waals surface area contributed by atoms with Gasteiger partial charge in [-0.3, -0.25) is 9.59 Å². The van der Waals surface area contributed by atoms with Gasteiger partial charge in [-0.05, 0) is 42.1 Å². The first kappa shape index (κ1) is 14.7. The molecule has 6 heteroatoms. The molecule has 0 saturated carbocycles. The summed E-state index contributed by atoms with van der Waals surface area (Å²) in [5.74, 6) is -0.377. The predicted molar refractivity (Wildman–Crippen MR) is 88.0 cm³/mol. The topological polar surface area (TPSA) is 57.6 Å². The van der Waals surface area contributed by atoms with Crippen LogP contribution >= 0.6 is 23.4 Å². The largest absolute Gasteiger partial charge is 0.507 e. The van der Waals surface area contributed by atoms with E-state index in [1.54, 1.807) is 42.5 Å². The molecule has 0 radical (unpaired) electrons. The van der Waals surface area contributed by atoms with Crippen molar-refractivity contribution in [2.45, 2.75) is 0 Å². The van der Waals surface area contributed by atoms with Crippen molar-refractivity contribution in [3.05, 3.63) is 64.0 Å². The highest BCUT2D eigenvalue weighted by atomic mass is 35.5. The highest BCUT2D eigenvalue weighted by Gasteiger charge is 2.36. The average molecular weight is 332 g/mol. The lowest BCUT2D eigenvalue weighted by atomic mass is 10.2. The maximum Gasteiger partial charge on any atom is 0.298 e. The van der Waals surface area contributed by atoms with E-state index in [1.165, 1.54) is 12.1 Å². The van der Waals surface area contributed by atoms with Crippen molar-refractivity contribution < 1.29 is 14.7 Å². The molecule has 0 spiro atoms. The smallest absolute Gasteiger partial charge is 0.298 e. The van der Waals surface area contributed by atoms with Crippen molar-refractivity contribution in [3.8, 4) is 5.75 Å². The van der Waals surface area contributed by atoms with Crippen molar-refractivity contribution in [1.82, 2.24) is 0 Å². The Labute approximate surface area is 136 Å². The molecule has 1 N–H and O–H groups in total. The number of carbonyl (C=O) groups excluding carboxylic acids is 2. The standard InChI is InChI=1S/C16H10ClNO3S/c17-11-5-3-6-12(9-11)18-15(20)14(22-16(18)21)8-10-4-1-2-7-13(10)19/h1-9,19H/b14-8-. The minimum absolute atomic E-state index is 0.0528. The minimum atomic E-state index is -0.430. The van der Waals surface area contributed by atoms with Crippen LogP contribution in [0.3, 0.4) is 0 Å². The number of phenols is 1. The number of aromatic hydroxyl groups is 1. The summed E-state index contributed by atoms with van der Waals surface area (Å²) in [6, 6.07) is 13.2. The van der Waals surface area contributed by atoms with E-state index in [-0.39, 0.29) is 10.7 Å². The lowest BCUT2D eigenvalue weighted by Crippen LogP contribution is -2.27. The van der Waals surface area contributed by atoms with E-state index in [0.29, 0.717) is 16.3 Å². The van der Waals surface area contributed by atoms with Gasteiger partial charge in [-0.15, -0.1) is 0 Å². The Morgan fingerprint density at radius 1 is 1.09 bits per heavy atom. The molecular formula is C16H10ClNO3S. The fraction of sp³-hybridized carbons (Fsp3) is 0. The molecule has 2 aromatic carbocycles.